The molecule has 2 N–H and O–H groups in total. The van der Waals surface area contributed by atoms with Gasteiger partial charge in [0.25, 0.3) is 0 Å². The number of ketones is 1. The summed E-state index contributed by atoms with van der Waals surface area (Å²) in [5.74, 6) is -0.0189. The Labute approximate surface area is 108 Å². The van der Waals surface area contributed by atoms with Crippen molar-refractivity contribution in [3.63, 3.8) is 0 Å². The number of carbonyl (C=O) groups is 1. The van der Waals surface area contributed by atoms with Gasteiger partial charge in [-0.05, 0) is 24.3 Å². The highest BCUT2D eigenvalue weighted by Crippen LogP contribution is 2.11. The Morgan fingerprint density at radius 1 is 1.22 bits per heavy atom. The molecule has 18 heavy (non-hydrogen) atoms. The van der Waals surface area contributed by atoms with Crippen LogP contribution in [0.15, 0.2) is 24.3 Å². The Morgan fingerprint density at radius 2 is 1.78 bits per heavy atom. The lowest BCUT2D eigenvalue weighted by atomic mass is 10.1. The Morgan fingerprint density at radius 3 is 2.22 bits per heavy atom. The Hall–Kier alpha value is -1.40. The summed E-state index contributed by atoms with van der Waals surface area (Å²) in [7, 11) is -3.28. The molecule has 0 spiro atoms. The van der Waals surface area contributed by atoms with Gasteiger partial charge in [0.05, 0.1) is 12.8 Å². The predicted molar refractivity (Wildman–Crippen MR) is 72.4 cm³/mol. The van der Waals surface area contributed by atoms with Gasteiger partial charge in [0.15, 0.2) is 5.78 Å². The molecule has 0 amide bonds. The zero-order valence-corrected chi connectivity index (χ0v) is 11.5. The third-order valence-electron chi connectivity index (χ3n) is 2.18. The van der Waals surface area contributed by atoms with Crippen LogP contribution in [0.3, 0.4) is 0 Å². The number of hydrogen-bond donors (Lipinski definition) is 2. The fourth-order valence-corrected chi connectivity index (χ4v) is 1.90. The van der Waals surface area contributed by atoms with Gasteiger partial charge in [0.2, 0.25) is 10.0 Å². The third kappa shape index (κ3) is 5.29. The number of rotatable bonds is 6. The first-order chi connectivity index (χ1) is 8.28. The Balaban J connectivity index is 2.68. The van der Waals surface area contributed by atoms with E-state index in [0.29, 0.717) is 11.3 Å². The van der Waals surface area contributed by atoms with Crippen LogP contribution >= 0.6 is 0 Å². The van der Waals surface area contributed by atoms with Crippen LogP contribution in [0.1, 0.15) is 24.2 Å². The van der Waals surface area contributed by atoms with Gasteiger partial charge in [0.1, 0.15) is 0 Å². The van der Waals surface area contributed by atoms with Crippen LogP contribution in [-0.4, -0.2) is 33.0 Å². The van der Waals surface area contributed by atoms with Crippen LogP contribution in [0.4, 0.5) is 5.69 Å². The Kier molecular flexibility index (Phi) is 4.86. The molecule has 0 saturated carbocycles. The molecule has 0 aliphatic heterocycles. The van der Waals surface area contributed by atoms with E-state index in [4.69, 9.17) is 0 Å². The number of carbonyl (C=O) groups excluding carboxylic acids is 1. The number of benzene rings is 1. The molecule has 0 saturated heterocycles. The first-order valence-corrected chi connectivity index (χ1v) is 7.51. The maximum atomic E-state index is 11.7. The summed E-state index contributed by atoms with van der Waals surface area (Å²) < 4.78 is 24.4. The van der Waals surface area contributed by atoms with Crippen molar-refractivity contribution in [2.45, 2.75) is 19.9 Å². The van der Waals surface area contributed by atoms with Gasteiger partial charge in [-0.2, -0.15) is 0 Å². The minimum Gasteiger partial charge on any atom is -0.307 e. The highest BCUT2D eigenvalue weighted by atomic mass is 32.2. The minimum absolute atomic E-state index is 0.0189. The lowest BCUT2D eigenvalue weighted by Crippen LogP contribution is -2.29. The molecule has 0 aliphatic rings. The molecule has 1 aromatic rings. The summed E-state index contributed by atoms with van der Waals surface area (Å²) in [6, 6.07) is 6.61. The molecule has 0 bridgehead atoms. The highest BCUT2D eigenvalue weighted by molar-refractivity contribution is 7.92. The molecular formula is C12H18N2O3S. The molecule has 0 unspecified atom stereocenters. The summed E-state index contributed by atoms with van der Waals surface area (Å²) in [6.07, 6.45) is 1.08. The van der Waals surface area contributed by atoms with Crippen molar-refractivity contribution < 1.29 is 13.2 Å². The van der Waals surface area contributed by atoms with E-state index < -0.39 is 10.0 Å². The van der Waals surface area contributed by atoms with E-state index in [1.807, 2.05) is 13.8 Å². The number of sulfonamides is 1. The molecule has 100 valence electrons. The standard InChI is InChI=1S/C12H18N2O3S/c1-9(2)13-8-12(15)10-4-6-11(7-5-10)14-18(3,16)17/h4-7,9,13-14H,8H2,1-3H3. The van der Waals surface area contributed by atoms with E-state index in [1.54, 1.807) is 24.3 Å². The fraction of sp³-hybridized carbons (Fsp3) is 0.417. The molecule has 0 heterocycles. The van der Waals surface area contributed by atoms with Crippen molar-refractivity contribution >= 4 is 21.5 Å². The predicted octanol–water partition coefficient (Wildman–Crippen LogP) is 1.24. The molecule has 0 aromatic heterocycles. The number of anilines is 1. The van der Waals surface area contributed by atoms with Crippen molar-refractivity contribution in [2.75, 3.05) is 17.5 Å². The normalized spacial score (nSPS) is 11.6. The largest absolute Gasteiger partial charge is 0.307 e. The summed E-state index contributed by atoms with van der Waals surface area (Å²) >= 11 is 0. The monoisotopic (exact) mass is 270 g/mol. The van der Waals surface area contributed by atoms with Crippen LogP contribution in [0, 0.1) is 0 Å². The van der Waals surface area contributed by atoms with Gasteiger partial charge in [-0.3, -0.25) is 9.52 Å². The van der Waals surface area contributed by atoms with Crippen molar-refractivity contribution in [1.29, 1.82) is 0 Å². The minimum atomic E-state index is -3.28. The van der Waals surface area contributed by atoms with Crippen molar-refractivity contribution in [3.05, 3.63) is 29.8 Å². The quantitative estimate of drug-likeness (QED) is 0.763. The second kappa shape index (κ2) is 5.97. The summed E-state index contributed by atoms with van der Waals surface area (Å²) in [5, 5.41) is 3.04. The van der Waals surface area contributed by atoms with E-state index >= 15 is 0 Å². The van der Waals surface area contributed by atoms with Gasteiger partial charge in [-0.15, -0.1) is 0 Å². The molecule has 1 aromatic carbocycles. The average molecular weight is 270 g/mol. The van der Waals surface area contributed by atoms with Crippen LogP contribution < -0.4 is 10.0 Å². The lowest BCUT2D eigenvalue weighted by Gasteiger charge is -2.08. The van der Waals surface area contributed by atoms with E-state index in [0.717, 1.165) is 6.26 Å². The van der Waals surface area contributed by atoms with E-state index in [1.165, 1.54) is 0 Å². The zero-order chi connectivity index (χ0) is 13.8. The smallest absolute Gasteiger partial charge is 0.229 e. The lowest BCUT2D eigenvalue weighted by molar-refractivity contribution is 0.0988. The molecule has 1 rings (SSSR count). The summed E-state index contributed by atoms with van der Waals surface area (Å²) in [4.78, 5) is 11.7. The zero-order valence-electron chi connectivity index (χ0n) is 10.7. The van der Waals surface area contributed by atoms with E-state index in [9.17, 15) is 13.2 Å². The first-order valence-electron chi connectivity index (χ1n) is 5.62. The number of nitrogens with one attached hydrogen (secondary N) is 2. The number of hydrogen-bond acceptors (Lipinski definition) is 4. The maximum absolute atomic E-state index is 11.7. The van der Waals surface area contributed by atoms with Crippen molar-refractivity contribution in [2.24, 2.45) is 0 Å². The summed E-state index contributed by atoms with van der Waals surface area (Å²) in [6.45, 7) is 4.20. The van der Waals surface area contributed by atoms with E-state index in [2.05, 4.69) is 10.0 Å². The van der Waals surface area contributed by atoms with Gasteiger partial charge < -0.3 is 5.32 Å². The topological polar surface area (TPSA) is 75.3 Å². The number of Topliss-reactive ketones (excluding diaryl/α,β-unsaturated/α-hetero) is 1. The molecule has 0 aliphatic carbocycles. The highest BCUT2D eigenvalue weighted by Gasteiger charge is 2.07. The Bertz CT molecular complexity index is 507. The second-order valence-electron chi connectivity index (χ2n) is 4.41. The molecule has 6 heteroatoms. The van der Waals surface area contributed by atoms with Gasteiger partial charge in [-0.1, -0.05) is 13.8 Å². The first kappa shape index (κ1) is 14.7. The van der Waals surface area contributed by atoms with Gasteiger partial charge >= 0.3 is 0 Å². The molecule has 0 radical (unpaired) electrons. The van der Waals surface area contributed by atoms with Crippen molar-refractivity contribution in [3.8, 4) is 0 Å². The van der Waals surface area contributed by atoms with Crippen LogP contribution in [0.2, 0.25) is 0 Å². The van der Waals surface area contributed by atoms with Crippen LogP contribution in [0.5, 0.6) is 0 Å². The molecular weight excluding hydrogens is 252 g/mol. The van der Waals surface area contributed by atoms with Gasteiger partial charge in [-0.25, -0.2) is 8.42 Å². The average Bonchev–Trinajstić information content (AvgIpc) is 2.24. The SMILES string of the molecule is CC(C)NCC(=O)c1ccc(NS(C)(=O)=O)cc1. The molecule has 0 fully saturated rings. The molecule has 0 atom stereocenters. The van der Waals surface area contributed by atoms with Crippen LogP contribution in [-0.2, 0) is 10.0 Å². The van der Waals surface area contributed by atoms with Crippen molar-refractivity contribution in [1.82, 2.24) is 5.32 Å². The van der Waals surface area contributed by atoms with Crippen LogP contribution in [0.25, 0.3) is 0 Å². The molecule has 5 nitrogen and oxygen atoms in total. The fourth-order valence-electron chi connectivity index (χ4n) is 1.34. The maximum Gasteiger partial charge on any atom is 0.229 e. The third-order valence-corrected chi connectivity index (χ3v) is 2.79. The van der Waals surface area contributed by atoms with Gasteiger partial charge in [0, 0.05) is 17.3 Å². The summed E-state index contributed by atoms with van der Waals surface area (Å²) in [5.41, 5.74) is 1.01. The van der Waals surface area contributed by atoms with E-state index in [-0.39, 0.29) is 18.4 Å². The second-order valence-corrected chi connectivity index (χ2v) is 6.16.